The van der Waals surface area contributed by atoms with Gasteiger partial charge in [0.05, 0.1) is 6.10 Å². The van der Waals surface area contributed by atoms with Gasteiger partial charge in [0.2, 0.25) is 0 Å². The van der Waals surface area contributed by atoms with Crippen LogP contribution in [0.3, 0.4) is 0 Å². The highest BCUT2D eigenvalue weighted by Crippen LogP contribution is 2.32. The number of pyridine rings is 1. The molecule has 1 atom stereocenters. The first-order valence-corrected chi connectivity index (χ1v) is 7.73. The summed E-state index contributed by atoms with van der Waals surface area (Å²) in [7, 11) is 0. The summed E-state index contributed by atoms with van der Waals surface area (Å²) in [6.07, 6.45) is 1.31. The zero-order valence-electron chi connectivity index (χ0n) is 9.60. The average molecular weight is 389 g/mol. The van der Waals surface area contributed by atoms with E-state index in [0.29, 0.717) is 0 Å². The van der Waals surface area contributed by atoms with Gasteiger partial charge in [-0.3, -0.25) is 0 Å². The minimum Gasteiger partial charge on any atom is -0.389 e. The Hall–Kier alpha value is -0.360. The van der Waals surface area contributed by atoms with Crippen LogP contribution in [0.1, 0.15) is 18.6 Å². The van der Waals surface area contributed by atoms with Gasteiger partial charge in [-0.15, -0.1) is 0 Å². The Bertz CT molecular complexity index is 543. The molecule has 94 valence electrons. The summed E-state index contributed by atoms with van der Waals surface area (Å²) in [6.45, 7) is 1.75. The van der Waals surface area contributed by atoms with Gasteiger partial charge in [0.25, 0.3) is 0 Å². The van der Waals surface area contributed by atoms with E-state index in [9.17, 15) is 5.11 Å². The highest BCUT2D eigenvalue weighted by molar-refractivity contribution is 9.10. The Morgan fingerprint density at radius 1 is 1.22 bits per heavy atom. The Balaban J connectivity index is 2.20. The minimum atomic E-state index is -0.468. The van der Waals surface area contributed by atoms with Crippen LogP contribution < -0.4 is 0 Å². The van der Waals surface area contributed by atoms with Gasteiger partial charge in [0.15, 0.2) is 0 Å². The highest BCUT2D eigenvalue weighted by Gasteiger charge is 2.07. The number of aliphatic hydroxyl groups excluding tert-OH is 1. The van der Waals surface area contributed by atoms with Gasteiger partial charge in [-0.05, 0) is 52.7 Å². The van der Waals surface area contributed by atoms with Gasteiger partial charge in [0, 0.05) is 20.0 Å². The Labute approximate surface area is 127 Å². The molecule has 1 aromatic heterocycles. The molecular weight excluding hydrogens is 378 g/mol. The van der Waals surface area contributed by atoms with Gasteiger partial charge >= 0.3 is 0 Å². The molecule has 0 aliphatic carbocycles. The Kier molecular flexibility index (Phi) is 4.84. The maximum Gasteiger partial charge on any atom is 0.101 e. The molecule has 2 aromatic rings. The van der Waals surface area contributed by atoms with Crippen molar-refractivity contribution < 1.29 is 5.11 Å². The molecular formula is C13H11Br2NOS. The van der Waals surface area contributed by atoms with E-state index in [1.165, 1.54) is 0 Å². The van der Waals surface area contributed by atoms with E-state index in [-0.39, 0.29) is 0 Å². The summed E-state index contributed by atoms with van der Waals surface area (Å²) in [4.78, 5) is 5.40. The first-order chi connectivity index (χ1) is 8.56. The molecule has 18 heavy (non-hydrogen) atoms. The van der Waals surface area contributed by atoms with Crippen molar-refractivity contribution in [2.75, 3.05) is 0 Å². The third-order valence-corrected chi connectivity index (χ3v) is 4.44. The first-order valence-electron chi connectivity index (χ1n) is 5.33. The number of aromatic nitrogens is 1. The van der Waals surface area contributed by atoms with E-state index in [0.717, 1.165) is 24.4 Å². The monoisotopic (exact) mass is 387 g/mol. The fourth-order valence-corrected chi connectivity index (χ4v) is 3.35. The van der Waals surface area contributed by atoms with Gasteiger partial charge in [-0.2, -0.15) is 0 Å². The van der Waals surface area contributed by atoms with Crippen molar-refractivity contribution in [3.05, 3.63) is 51.0 Å². The lowest BCUT2D eigenvalue weighted by Gasteiger charge is -2.09. The second-order valence-electron chi connectivity index (χ2n) is 3.78. The third-order valence-electron chi connectivity index (χ3n) is 2.34. The second kappa shape index (κ2) is 6.19. The number of benzene rings is 1. The summed E-state index contributed by atoms with van der Waals surface area (Å²) >= 11 is 8.42. The number of aliphatic hydroxyl groups is 1. The summed E-state index contributed by atoms with van der Waals surface area (Å²) in [6, 6.07) is 9.84. The van der Waals surface area contributed by atoms with Crippen molar-refractivity contribution in [2.45, 2.75) is 22.9 Å². The molecule has 0 amide bonds. The molecule has 0 bridgehead atoms. The normalized spacial score (nSPS) is 12.4. The van der Waals surface area contributed by atoms with Crippen LogP contribution in [0.25, 0.3) is 0 Å². The van der Waals surface area contributed by atoms with Crippen LogP contribution in [0.4, 0.5) is 0 Å². The van der Waals surface area contributed by atoms with Crippen LogP contribution in [-0.2, 0) is 0 Å². The summed E-state index contributed by atoms with van der Waals surface area (Å²) in [5.41, 5.74) is 0.892. The number of nitrogens with zero attached hydrogens (tertiary/aromatic N) is 1. The summed E-state index contributed by atoms with van der Waals surface area (Å²) in [5, 5.41) is 10.5. The lowest BCUT2D eigenvalue weighted by Crippen LogP contribution is -1.92. The first kappa shape index (κ1) is 14.1. The van der Waals surface area contributed by atoms with E-state index in [2.05, 4.69) is 36.8 Å². The Morgan fingerprint density at radius 2 is 2.00 bits per heavy atom. The predicted octanol–water partition coefficient (Wildman–Crippen LogP) is 4.81. The van der Waals surface area contributed by atoms with E-state index in [1.807, 2.05) is 30.3 Å². The largest absolute Gasteiger partial charge is 0.389 e. The van der Waals surface area contributed by atoms with Crippen molar-refractivity contribution in [3.63, 3.8) is 0 Å². The van der Waals surface area contributed by atoms with Crippen LogP contribution in [-0.4, -0.2) is 10.1 Å². The highest BCUT2D eigenvalue weighted by atomic mass is 79.9. The molecule has 1 N–H and O–H groups in total. The lowest BCUT2D eigenvalue weighted by atomic mass is 10.1. The SMILES string of the molecule is CC(O)c1ccc(Sc2ccc(Br)cn2)cc1Br. The van der Waals surface area contributed by atoms with Gasteiger partial charge < -0.3 is 5.11 Å². The van der Waals surface area contributed by atoms with Crippen molar-refractivity contribution >= 4 is 43.6 Å². The van der Waals surface area contributed by atoms with Gasteiger partial charge in [0.1, 0.15) is 5.03 Å². The number of hydrogen-bond donors (Lipinski definition) is 1. The molecule has 1 unspecified atom stereocenters. The van der Waals surface area contributed by atoms with E-state index >= 15 is 0 Å². The van der Waals surface area contributed by atoms with Crippen molar-refractivity contribution in [2.24, 2.45) is 0 Å². The van der Waals surface area contributed by atoms with Crippen LogP contribution in [0.15, 0.2) is 55.4 Å². The summed E-state index contributed by atoms with van der Waals surface area (Å²) in [5.74, 6) is 0. The molecule has 0 spiro atoms. The fraction of sp³-hybridized carbons (Fsp3) is 0.154. The molecule has 1 aromatic carbocycles. The van der Waals surface area contributed by atoms with E-state index in [4.69, 9.17) is 0 Å². The van der Waals surface area contributed by atoms with Gasteiger partial charge in [-0.1, -0.05) is 33.8 Å². The smallest absolute Gasteiger partial charge is 0.101 e. The minimum absolute atomic E-state index is 0.468. The zero-order chi connectivity index (χ0) is 13.1. The number of hydrogen-bond acceptors (Lipinski definition) is 3. The lowest BCUT2D eigenvalue weighted by molar-refractivity contribution is 0.198. The summed E-state index contributed by atoms with van der Waals surface area (Å²) < 4.78 is 1.89. The molecule has 2 rings (SSSR count). The number of rotatable bonds is 3. The van der Waals surface area contributed by atoms with Crippen LogP contribution in [0.2, 0.25) is 0 Å². The molecule has 5 heteroatoms. The molecule has 2 nitrogen and oxygen atoms in total. The van der Waals surface area contributed by atoms with E-state index in [1.54, 1.807) is 24.9 Å². The Morgan fingerprint density at radius 3 is 2.56 bits per heavy atom. The average Bonchev–Trinajstić information content (AvgIpc) is 2.32. The van der Waals surface area contributed by atoms with Crippen LogP contribution >= 0.6 is 43.6 Å². The molecule has 0 aliphatic heterocycles. The molecule has 0 aliphatic rings. The zero-order valence-corrected chi connectivity index (χ0v) is 13.6. The molecule has 0 radical (unpaired) electrons. The maximum absolute atomic E-state index is 9.56. The van der Waals surface area contributed by atoms with E-state index < -0.39 is 6.10 Å². The number of halogens is 2. The van der Waals surface area contributed by atoms with Crippen molar-refractivity contribution in [1.82, 2.24) is 4.98 Å². The molecule has 0 fully saturated rings. The van der Waals surface area contributed by atoms with Crippen molar-refractivity contribution in [1.29, 1.82) is 0 Å². The maximum atomic E-state index is 9.56. The molecule has 1 heterocycles. The fourth-order valence-electron chi connectivity index (χ4n) is 1.45. The topological polar surface area (TPSA) is 33.1 Å². The molecule has 0 saturated heterocycles. The van der Waals surface area contributed by atoms with Gasteiger partial charge in [-0.25, -0.2) is 4.98 Å². The third kappa shape index (κ3) is 3.57. The van der Waals surface area contributed by atoms with Crippen LogP contribution in [0.5, 0.6) is 0 Å². The predicted molar refractivity (Wildman–Crippen MR) is 80.8 cm³/mol. The van der Waals surface area contributed by atoms with Crippen LogP contribution in [0, 0.1) is 0 Å². The second-order valence-corrected chi connectivity index (χ2v) is 6.64. The quantitative estimate of drug-likeness (QED) is 0.818. The standard InChI is InChI=1S/C13H11Br2NOS/c1-8(17)11-4-3-10(6-12(11)15)18-13-5-2-9(14)7-16-13/h2-8,17H,1H3. The van der Waals surface area contributed by atoms with Crippen molar-refractivity contribution in [3.8, 4) is 0 Å². The molecule has 0 saturated carbocycles.